The van der Waals surface area contributed by atoms with Gasteiger partial charge in [-0.2, -0.15) is 4.98 Å². The molecule has 2 N–H and O–H groups in total. The monoisotopic (exact) mass is 276 g/mol. The molecular weight excluding hydrogens is 260 g/mol. The molecular formula is C14H17ClN4. The highest BCUT2D eigenvalue weighted by molar-refractivity contribution is 6.33. The molecule has 1 heterocycles. The molecule has 100 valence electrons. The van der Waals surface area contributed by atoms with Gasteiger partial charge < -0.3 is 10.6 Å². The lowest BCUT2D eigenvalue weighted by molar-refractivity contribution is 0.953. The molecule has 0 bridgehead atoms. The molecule has 0 saturated carbocycles. The average Bonchev–Trinajstić information content (AvgIpc) is 2.41. The van der Waals surface area contributed by atoms with Crippen LogP contribution in [0, 0.1) is 6.92 Å². The van der Waals surface area contributed by atoms with Crippen molar-refractivity contribution in [2.75, 3.05) is 17.2 Å². The number of aromatic nitrogens is 2. The SMILES string of the molecule is CCCNc1nccc(Nc2c(C)cccc2Cl)n1. The van der Waals surface area contributed by atoms with Crippen molar-refractivity contribution in [2.24, 2.45) is 0 Å². The van der Waals surface area contributed by atoms with Gasteiger partial charge in [-0.15, -0.1) is 0 Å². The molecule has 0 fully saturated rings. The van der Waals surface area contributed by atoms with Crippen molar-refractivity contribution in [3.8, 4) is 0 Å². The molecule has 0 radical (unpaired) electrons. The number of hydrogen-bond donors (Lipinski definition) is 2. The third kappa shape index (κ3) is 3.58. The van der Waals surface area contributed by atoms with E-state index in [0.29, 0.717) is 11.0 Å². The smallest absolute Gasteiger partial charge is 0.224 e. The van der Waals surface area contributed by atoms with Crippen LogP contribution in [-0.2, 0) is 0 Å². The minimum Gasteiger partial charge on any atom is -0.354 e. The van der Waals surface area contributed by atoms with Gasteiger partial charge in [-0.05, 0) is 31.0 Å². The van der Waals surface area contributed by atoms with E-state index in [0.717, 1.165) is 30.0 Å². The summed E-state index contributed by atoms with van der Waals surface area (Å²) in [6, 6.07) is 7.61. The molecule has 2 aromatic rings. The van der Waals surface area contributed by atoms with E-state index >= 15 is 0 Å². The van der Waals surface area contributed by atoms with Gasteiger partial charge in [0.25, 0.3) is 0 Å². The normalized spacial score (nSPS) is 10.3. The molecule has 0 spiro atoms. The Morgan fingerprint density at radius 3 is 2.84 bits per heavy atom. The number of anilines is 3. The first-order valence-corrected chi connectivity index (χ1v) is 6.67. The Bertz CT molecular complexity index is 537. The summed E-state index contributed by atoms with van der Waals surface area (Å²) in [6.07, 6.45) is 2.75. The van der Waals surface area contributed by atoms with Crippen molar-refractivity contribution in [2.45, 2.75) is 20.3 Å². The van der Waals surface area contributed by atoms with Crippen molar-refractivity contribution < 1.29 is 0 Å². The predicted octanol–water partition coefficient (Wildman–Crippen LogP) is 4.00. The lowest BCUT2D eigenvalue weighted by atomic mass is 10.2. The van der Waals surface area contributed by atoms with E-state index in [1.54, 1.807) is 6.20 Å². The third-order valence-electron chi connectivity index (χ3n) is 2.66. The number of nitrogens with one attached hydrogen (secondary N) is 2. The summed E-state index contributed by atoms with van der Waals surface area (Å²) in [5.41, 5.74) is 1.96. The van der Waals surface area contributed by atoms with Crippen molar-refractivity contribution in [1.82, 2.24) is 9.97 Å². The number of nitrogens with zero attached hydrogens (tertiary/aromatic N) is 2. The number of hydrogen-bond acceptors (Lipinski definition) is 4. The lowest BCUT2D eigenvalue weighted by Gasteiger charge is -2.11. The van der Waals surface area contributed by atoms with Gasteiger partial charge in [-0.1, -0.05) is 30.7 Å². The Labute approximate surface area is 118 Å². The van der Waals surface area contributed by atoms with Crippen molar-refractivity contribution in [3.05, 3.63) is 41.0 Å². The van der Waals surface area contributed by atoms with E-state index < -0.39 is 0 Å². The molecule has 5 heteroatoms. The first-order chi connectivity index (χ1) is 9.20. The summed E-state index contributed by atoms with van der Waals surface area (Å²) < 4.78 is 0. The molecule has 0 aliphatic heterocycles. The molecule has 19 heavy (non-hydrogen) atoms. The largest absolute Gasteiger partial charge is 0.354 e. The first-order valence-electron chi connectivity index (χ1n) is 6.29. The van der Waals surface area contributed by atoms with Crippen molar-refractivity contribution in [3.63, 3.8) is 0 Å². The minimum absolute atomic E-state index is 0.622. The van der Waals surface area contributed by atoms with E-state index in [1.165, 1.54) is 0 Å². The molecule has 1 aromatic heterocycles. The Morgan fingerprint density at radius 1 is 1.26 bits per heavy atom. The Balaban J connectivity index is 2.19. The number of aryl methyl sites for hydroxylation is 1. The second-order valence-corrected chi connectivity index (χ2v) is 4.66. The van der Waals surface area contributed by atoms with E-state index in [-0.39, 0.29) is 0 Å². The third-order valence-corrected chi connectivity index (χ3v) is 2.98. The van der Waals surface area contributed by atoms with E-state index in [2.05, 4.69) is 27.5 Å². The van der Waals surface area contributed by atoms with Gasteiger partial charge >= 0.3 is 0 Å². The zero-order valence-corrected chi connectivity index (χ0v) is 11.8. The number of rotatable bonds is 5. The fourth-order valence-corrected chi connectivity index (χ4v) is 1.94. The van der Waals surface area contributed by atoms with Crippen molar-refractivity contribution >= 4 is 29.1 Å². The summed E-state index contributed by atoms with van der Waals surface area (Å²) in [6.45, 7) is 4.96. The average molecular weight is 277 g/mol. The second kappa shape index (κ2) is 6.38. The standard InChI is InChI=1S/C14H17ClN4/c1-3-8-16-14-17-9-7-12(19-14)18-13-10(2)5-4-6-11(13)15/h4-7,9H,3,8H2,1-2H3,(H2,16,17,18,19). The highest BCUT2D eigenvalue weighted by Gasteiger charge is 2.05. The summed E-state index contributed by atoms with van der Waals surface area (Å²) >= 11 is 6.18. The molecule has 0 aliphatic rings. The van der Waals surface area contributed by atoms with Crippen LogP contribution in [0.3, 0.4) is 0 Å². The number of para-hydroxylation sites is 1. The van der Waals surface area contributed by atoms with Crippen LogP contribution in [0.1, 0.15) is 18.9 Å². The van der Waals surface area contributed by atoms with Gasteiger partial charge in [-0.3, -0.25) is 0 Å². The molecule has 0 saturated heterocycles. The van der Waals surface area contributed by atoms with Crippen LogP contribution in [0.15, 0.2) is 30.5 Å². The molecule has 0 atom stereocenters. The maximum Gasteiger partial charge on any atom is 0.224 e. The number of benzene rings is 1. The van der Waals surface area contributed by atoms with E-state index in [1.807, 2.05) is 31.2 Å². The zero-order valence-electron chi connectivity index (χ0n) is 11.1. The zero-order chi connectivity index (χ0) is 13.7. The molecule has 1 aromatic carbocycles. The van der Waals surface area contributed by atoms with E-state index in [9.17, 15) is 0 Å². The van der Waals surface area contributed by atoms with Crippen LogP contribution < -0.4 is 10.6 Å². The fraction of sp³-hybridized carbons (Fsp3) is 0.286. The molecule has 0 aliphatic carbocycles. The Kier molecular flexibility index (Phi) is 4.58. The van der Waals surface area contributed by atoms with E-state index in [4.69, 9.17) is 11.6 Å². The number of halogens is 1. The molecule has 2 rings (SSSR count). The van der Waals surface area contributed by atoms with Gasteiger partial charge in [0.2, 0.25) is 5.95 Å². The van der Waals surface area contributed by atoms with Crippen LogP contribution >= 0.6 is 11.6 Å². The highest BCUT2D eigenvalue weighted by Crippen LogP contribution is 2.27. The summed E-state index contributed by atoms with van der Waals surface area (Å²) in [5.74, 6) is 1.35. The molecule has 4 nitrogen and oxygen atoms in total. The quantitative estimate of drug-likeness (QED) is 0.866. The van der Waals surface area contributed by atoms with Crippen LogP contribution in [0.25, 0.3) is 0 Å². The van der Waals surface area contributed by atoms with Gasteiger partial charge in [0.15, 0.2) is 0 Å². The van der Waals surface area contributed by atoms with Gasteiger partial charge in [-0.25, -0.2) is 4.98 Å². The molecule has 0 unspecified atom stereocenters. The molecule has 0 amide bonds. The maximum atomic E-state index is 6.18. The second-order valence-electron chi connectivity index (χ2n) is 4.25. The van der Waals surface area contributed by atoms with Crippen molar-refractivity contribution in [1.29, 1.82) is 0 Å². The summed E-state index contributed by atoms with van der Waals surface area (Å²) in [5, 5.41) is 7.07. The Morgan fingerprint density at radius 2 is 2.11 bits per heavy atom. The van der Waals surface area contributed by atoms with Gasteiger partial charge in [0, 0.05) is 12.7 Å². The topological polar surface area (TPSA) is 49.8 Å². The fourth-order valence-electron chi connectivity index (χ4n) is 1.67. The Hall–Kier alpha value is -1.81. The van der Waals surface area contributed by atoms with Crippen LogP contribution in [0.4, 0.5) is 17.5 Å². The van der Waals surface area contributed by atoms with Gasteiger partial charge in [0.1, 0.15) is 5.82 Å². The minimum atomic E-state index is 0.622. The van der Waals surface area contributed by atoms with Crippen LogP contribution in [0.5, 0.6) is 0 Å². The lowest BCUT2D eigenvalue weighted by Crippen LogP contribution is -2.05. The van der Waals surface area contributed by atoms with Gasteiger partial charge in [0.05, 0.1) is 10.7 Å². The summed E-state index contributed by atoms with van der Waals surface area (Å²) in [7, 11) is 0. The first kappa shape index (κ1) is 13.6. The van der Waals surface area contributed by atoms with Crippen LogP contribution in [0.2, 0.25) is 5.02 Å². The maximum absolute atomic E-state index is 6.18. The summed E-state index contributed by atoms with van der Waals surface area (Å²) in [4.78, 5) is 8.56. The highest BCUT2D eigenvalue weighted by atomic mass is 35.5. The van der Waals surface area contributed by atoms with Crippen LogP contribution in [-0.4, -0.2) is 16.5 Å². The predicted molar refractivity (Wildman–Crippen MR) is 80.3 cm³/mol.